The minimum Gasteiger partial charge on any atom is -0.425 e. The number of para-hydroxylation sites is 1. The molecule has 2 heterocycles. The van der Waals surface area contributed by atoms with Gasteiger partial charge in [-0.15, -0.1) is 0 Å². The molecule has 1 N–H and O–H groups in total. The topological polar surface area (TPSA) is 55.6 Å². The molecule has 0 atom stereocenters. The van der Waals surface area contributed by atoms with Crippen LogP contribution in [0, 0.1) is 12.3 Å². The van der Waals surface area contributed by atoms with Gasteiger partial charge in [0.05, 0.1) is 0 Å². The molecule has 2 aromatic heterocycles. The fraction of sp³-hybridized carbons (Fsp3) is 0.278. The Bertz CT molecular complexity index is 1610. The van der Waals surface area contributed by atoms with Gasteiger partial charge >= 0.3 is 5.97 Å². The molecule has 210 valence electrons. The number of esters is 1. The molecule has 3 aromatic carbocycles. The quantitative estimate of drug-likeness (QED) is 0.157. The average Bonchev–Trinajstić information content (AvgIpc) is 3.25. The van der Waals surface area contributed by atoms with Crippen LogP contribution in [0.3, 0.4) is 0 Å². The molecular formula is C36H39N3O2. The lowest BCUT2D eigenvalue weighted by molar-refractivity contribution is -0.135. The van der Waals surface area contributed by atoms with Crippen LogP contribution in [0.25, 0.3) is 16.9 Å². The predicted molar refractivity (Wildman–Crippen MR) is 168 cm³/mol. The number of aromatic nitrogens is 2. The van der Waals surface area contributed by atoms with Gasteiger partial charge in [-0.05, 0) is 73.6 Å². The van der Waals surface area contributed by atoms with Crippen molar-refractivity contribution in [1.29, 1.82) is 0 Å². The van der Waals surface area contributed by atoms with E-state index in [0.717, 1.165) is 45.8 Å². The van der Waals surface area contributed by atoms with E-state index < -0.39 is 5.92 Å². The van der Waals surface area contributed by atoms with Crippen LogP contribution in [0.2, 0.25) is 0 Å². The van der Waals surface area contributed by atoms with Gasteiger partial charge in [0.25, 0.3) is 0 Å². The molecule has 0 saturated carbocycles. The maximum atomic E-state index is 13.9. The zero-order chi connectivity index (χ0) is 29.2. The number of nitrogens with one attached hydrogen (secondary N) is 1. The lowest BCUT2D eigenvalue weighted by Gasteiger charge is -2.34. The fourth-order valence-corrected chi connectivity index (χ4v) is 5.82. The second-order valence-electron chi connectivity index (χ2n) is 12.7. The van der Waals surface area contributed by atoms with E-state index in [1.54, 1.807) is 0 Å². The smallest absolute Gasteiger partial charge is 0.323 e. The zero-order valence-electron chi connectivity index (χ0n) is 24.8. The average molecular weight is 546 g/mol. The number of fused-ring (bicyclic) bond motifs is 1. The molecule has 5 aromatic rings. The molecule has 0 aliphatic heterocycles. The molecular weight excluding hydrogens is 506 g/mol. The van der Waals surface area contributed by atoms with Crippen molar-refractivity contribution in [1.82, 2.24) is 9.38 Å². The number of hydrogen-bond acceptors (Lipinski definition) is 4. The van der Waals surface area contributed by atoms with E-state index in [1.165, 1.54) is 0 Å². The molecule has 5 nitrogen and oxygen atoms in total. The Morgan fingerprint density at radius 1 is 0.854 bits per heavy atom. The highest BCUT2D eigenvalue weighted by Gasteiger charge is 2.30. The second-order valence-corrected chi connectivity index (χ2v) is 12.7. The van der Waals surface area contributed by atoms with E-state index in [0.29, 0.717) is 5.75 Å². The van der Waals surface area contributed by atoms with E-state index in [4.69, 9.17) is 9.72 Å². The molecule has 0 aliphatic rings. The van der Waals surface area contributed by atoms with Crippen LogP contribution < -0.4 is 10.1 Å². The number of hydrogen-bond donors (Lipinski definition) is 1. The van der Waals surface area contributed by atoms with E-state index in [1.807, 2.05) is 91.1 Å². The van der Waals surface area contributed by atoms with Crippen molar-refractivity contribution in [3.63, 3.8) is 0 Å². The van der Waals surface area contributed by atoms with Gasteiger partial charge in [0.1, 0.15) is 28.8 Å². The fourth-order valence-electron chi connectivity index (χ4n) is 5.82. The SMILES string of the molecule is Cc1ccn2c(NC(C)(C)CC(C)(C)C)c(-c3ccccc3OC(=O)C(c3ccccc3)c3ccccc3)nc2c1. The van der Waals surface area contributed by atoms with Crippen LogP contribution in [-0.4, -0.2) is 20.9 Å². The summed E-state index contributed by atoms with van der Waals surface area (Å²) < 4.78 is 8.33. The first-order chi connectivity index (χ1) is 19.5. The highest BCUT2D eigenvalue weighted by atomic mass is 16.5. The van der Waals surface area contributed by atoms with Crippen molar-refractivity contribution in [3.8, 4) is 17.0 Å². The van der Waals surface area contributed by atoms with E-state index in [2.05, 4.69) is 63.4 Å². The van der Waals surface area contributed by atoms with Gasteiger partial charge in [0.2, 0.25) is 0 Å². The first kappa shape index (κ1) is 28.2. The molecule has 5 heteroatoms. The summed E-state index contributed by atoms with van der Waals surface area (Å²) in [5.41, 5.74) is 5.15. The minimum absolute atomic E-state index is 0.130. The largest absolute Gasteiger partial charge is 0.425 e. The molecule has 0 radical (unpaired) electrons. The molecule has 0 spiro atoms. The normalized spacial score (nSPS) is 12.1. The molecule has 0 aliphatic carbocycles. The molecule has 41 heavy (non-hydrogen) atoms. The molecule has 0 fully saturated rings. The summed E-state index contributed by atoms with van der Waals surface area (Å²) in [6.45, 7) is 13.2. The van der Waals surface area contributed by atoms with Crippen molar-refractivity contribution >= 4 is 17.4 Å². The van der Waals surface area contributed by atoms with Gasteiger partial charge < -0.3 is 10.1 Å². The van der Waals surface area contributed by atoms with Crippen molar-refractivity contribution in [3.05, 3.63) is 120 Å². The third kappa shape index (κ3) is 6.51. The van der Waals surface area contributed by atoms with Gasteiger partial charge in [-0.1, -0.05) is 93.6 Å². The number of imidazole rings is 1. The first-order valence-electron chi connectivity index (χ1n) is 14.2. The summed E-state index contributed by atoms with van der Waals surface area (Å²) in [7, 11) is 0. The summed E-state index contributed by atoms with van der Waals surface area (Å²) in [5.74, 6) is 0.459. The molecule has 0 saturated heterocycles. The number of anilines is 1. The summed E-state index contributed by atoms with van der Waals surface area (Å²) in [6.07, 6.45) is 3.00. The number of carbonyl (C=O) groups is 1. The highest BCUT2D eigenvalue weighted by Crippen LogP contribution is 2.39. The maximum absolute atomic E-state index is 13.9. The number of ether oxygens (including phenoxy) is 1. The van der Waals surface area contributed by atoms with E-state index >= 15 is 0 Å². The van der Waals surface area contributed by atoms with Crippen LogP contribution in [0.1, 0.15) is 63.6 Å². The molecule has 0 unspecified atom stereocenters. The standard InChI is InChI=1S/C36H39N3O2/c1-25-21-22-39-30(23-25)37-32(33(39)38-36(5,6)24-35(2,3)4)28-19-13-14-20-29(28)41-34(40)31(26-15-9-7-10-16-26)27-17-11-8-12-18-27/h7-23,31,38H,24H2,1-6H3. The monoisotopic (exact) mass is 545 g/mol. The third-order valence-corrected chi connectivity index (χ3v) is 7.06. The van der Waals surface area contributed by atoms with Crippen molar-refractivity contribution in [2.24, 2.45) is 5.41 Å². The Hall–Kier alpha value is -4.38. The Morgan fingerprint density at radius 3 is 2.05 bits per heavy atom. The van der Waals surface area contributed by atoms with Gasteiger partial charge in [0.15, 0.2) is 0 Å². The molecule has 0 bridgehead atoms. The molecule has 5 rings (SSSR count). The first-order valence-corrected chi connectivity index (χ1v) is 14.2. The maximum Gasteiger partial charge on any atom is 0.323 e. The van der Waals surface area contributed by atoms with Gasteiger partial charge in [-0.3, -0.25) is 9.20 Å². The Balaban J connectivity index is 1.58. The number of rotatable bonds is 8. The number of carbonyl (C=O) groups excluding carboxylic acids is 1. The Kier molecular flexibility index (Phi) is 7.72. The Labute approximate surface area is 243 Å². The van der Waals surface area contributed by atoms with Crippen LogP contribution in [0.4, 0.5) is 5.82 Å². The summed E-state index contributed by atoms with van der Waals surface area (Å²) >= 11 is 0. The van der Waals surface area contributed by atoms with Crippen molar-refractivity contribution in [2.75, 3.05) is 5.32 Å². The number of benzene rings is 3. The van der Waals surface area contributed by atoms with Crippen LogP contribution >= 0.6 is 0 Å². The zero-order valence-corrected chi connectivity index (χ0v) is 24.8. The second kappa shape index (κ2) is 11.2. The highest BCUT2D eigenvalue weighted by molar-refractivity contribution is 5.87. The van der Waals surface area contributed by atoms with Crippen LogP contribution in [0.15, 0.2) is 103 Å². The van der Waals surface area contributed by atoms with Gasteiger partial charge in [0, 0.05) is 17.3 Å². The number of pyridine rings is 1. The Morgan fingerprint density at radius 2 is 1.44 bits per heavy atom. The van der Waals surface area contributed by atoms with E-state index in [9.17, 15) is 4.79 Å². The van der Waals surface area contributed by atoms with Gasteiger partial charge in [-0.2, -0.15) is 0 Å². The lowest BCUT2D eigenvalue weighted by Crippen LogP contribution is -2.36. The summed E-state index contributed by atoms with van der Waals surface area (Å²) in [5, 5.41) is 3.80. The number of nitrogens with zero attached hydrogens (tertiary/aromatic N) is 2. The summed E-state index contributed by atoms with van der Waals surface area (Å²) in [4.78, 5) is 19.0. The third-order valence-electron chi connectivity index (χ3n) is 7.06. The van der Waals surface area contributed by atoms with Gasteiger partial charge in [-0.25, -0.2) is 4.98 Å². The molecule has 0 amide bonds. The predicted octanol–water partition coefficient (Wildman–Crippen LogP) is 8.67. The van der Waals surface area contributed by atoms with Crippen LogP contribution in [0.5, 0.6) is 5.75 Å². The van der Waals surface area contributed by atoms with E-state index in [-0.39, 0.29) is 16.9 Å². The van der Waals surface area contributed by atoms with Crippen LogP contribution in [-0.2, 0) is 4.79 Å². The summed E-state index contributed by atoms with van der Waals surface area (Å²) in [6, 6.07) is 31.4. The number of aryl methyl sites for hydroxylation is 1. The lowest BCUT2D eigenvalue weighted by atomic mass is 9.82. The minimum atomic E-state index is -0.558. The van der Waals surface area contributed by atoms with Crippen molar-refractivity contribution < 1.29 is 9.53 Å². The van der Waals surface area contributed by atoms with Crippen molar-refractivity contribution in [2.45, 2.75) is 59.4 Å².